The first-order valence-corrected chi connectivity index (χ1v) is 5.94. The molecular weight excluding hydrogens is 196 g/mol. The number of likely N-dealkylation sites (tertiary alicyclic amines) is 1. The van der Waals surface area contributed by atoms with Crippen LogP contribution < -0.4 is 5.32 Å². The van der Waals surface area contributed by atoms with Crippen molar-refractivity contribution in [2.24, 2.45) is 11.8 Å². The number of fused-ring (bicyclic) bond motifs is 1. The third kappa shape index (κ3) is 1.55. The van der Waals surface area contributed by atoms with Crippen LogP contribution in [0.5, 0.6) is 0 Å². The number of hydrogen-bond donors (Lipinski definition) is 1. The molecule has 0 radical (unpaired) electrons. The summed E-state index contributed by atoms with van der Waals surface area (Å²) in [4.78, 5) is 2.51. The maximum atomic E-state index is 4.08. The van der Waals surface area contributed by atoms with Crippen LogP contribution in [0.1, 0.15) is 5.69 Å². The molecule has 4 nitrogen and oxygen atoms in total. The Labute approximate surface area is 87.5 Å². The van der Waals surface area contributed by atoms with E-state index in [1.165, 1.54) is 37.7 Å². The van der Waals surface area contributed by atoms with Gasteiger partial charge in [0.05, 0.1) is 5.69 Å². The van der Waals surface area contributed by atoms with Gasteiger partial charge in [0.15, 0.2) is 0 Å². The Hall–Kier alpha value is -0.520. The maximum absolute atomic E-state index is 4.08. The molecule has 2 aliphatic rings. The lowest BCUT2D eigenvalue weighted by Gasteiger charge is -2.14. The molecule has 0 aromatic carbocycles. The van der Waals surface area contributed by atoms with Gasteiger partial charge in [0.25, 0.3) is 0 Å². The van der Waals surface area contributed by atoms with Crippen molar-refractivity contribution in [3.05, 3.63) is 11.1 Å². The molecule has 3 heterocycles. The predicted octanol–water partition coefficient (Wildman–Crippen LogP) is 0.189. The zero-order valence-electron chi connectivity index (χ0n) is 8.02. The van der Waals surface area contributed by atoms with Crippen LogP contribution in [0.25, 0.3) is 0 Å². The minimum absolute atomic E-state index is 0.876. The third-order valence-electron chi connectivity index (χ3n) is 3.26. The highest BCUT2D eigenvalue weighted by molar-refractivity contribution is 7.03. The van der Waals surface area contributed by atoms with E-state index >= 15 is 0 Å². The summed E-state index contributed by atoms with van der Waals surface area (Å²) in [6.07, 6.45) is 0. The molecule has 14 heavy (non-hydrogen) atoms. The van der Waals surface area contributed by atoms with E-state index in [9.17, 15) is 0 Å². The van der Waals surface area contributed by atoms with Crippen molar-refractivity contribution in [2.45, 2.75) is 6.54 Å². The number of rotatable bonds is 2. The highest BCUT2D eigenvalue weighted by Gasteiger charge is 2.35. The second-order valence-electron chi connectivity index (χ2n) is 4.27. The van der Waals surface area contributed by atoms with Crippen LogP contribution >= 0.6 is 11.5 Å². The van der Waals surface area contributed by atoms with Gasteiger partial charge in [-0.15, -0.1) is 5.10 Å². The Balaban J connectivity index is 1.61. The van der Waals surface area contributed by atoms with Crippen LogP contribution in [0.4, 0.5) is 0 Å². The molecule has 0 saturated carbocycles. The first-order valence-electron chi connectivity index (χ1n) is 5.11. The zero-order chi connectivity index (χ0) is 9.38. The smallest absolute Gasteiger partial charge is 0.0895 e. The van der Waals surface area contributed by atoms with Crippen LogP contribution in [0.15, 0.2) is 5.38 Å². The molecule has 0 spiro atoms. The Kier molecular flexibility index (Phi) is 2.23. The van der Waals surface area contributed by atoms with E-state index < -0.39 is 0 Å². The summed E-state index contributed by atoms with van der Waals surface area (Å²) in [5, 5.41) is 9.58. The van der Waals surface area contributed by atoms with E-state index in [2.05, 4.69) is 19.8 Å². The SMILES string of the molecule is c1snnc1CN1C[C@H]2CNC[C@H]2C1. The van der Waals surface area contributed by atoms with Gasteiger partial charge in [0, 0.05) is 25.0 Å². The summed E-state index contributed by atoms with van der Waals surface area (Å²) in [5.41, 5.74) is 1.13. The van der Waals surface area contributed by atoms with Crippen molar-refractivity contribution in [1.29, 1.82) is 0 Å². The molecule has 0 aliphatic carbocycles. The normalized spacial score (nSPS) is 32.3. The quantitative estimate of drug-likeness (QED) is 0.756. The van der Waals surface area contributed by atoms with Crippen molar-refractivity contribution in [2.75, 3.05) is 26.2 Å². The molecule has 2 saturated heterocycles. The molecule has 1 N–H and O–H groups in total. The van der Waals surface area contributed by atoms with E-state index in [1.54, 1.807) is 0 Å². The summed E-state index contributed by atoms with van der Waals surface area (Å²) in [6, 6.07) is 0. The van der Waals surface area contributed by atoms with Crippen molar-refractivity contribution in [3.8, 4) is 0 Å². The summed E-state index contributed by atoms with van der Waals surface area (Å²) >= 11 is 1.44. The lowest BCUT2D eigenvalue weighted by molar-refractivity contribution is 0.302. The Morgan fingerprint density at radius 2 is 2.21 bits per heavy atom. The zero-order valence-corrected chi connectivity index (χ0v) is 8.83. The Morgan fingerprint density at radius 3 is 2.86 bits per heavy atom. The Morgan fingerprint density at radius 1 is 1.43 bits per heavy atom. The molecule has 0 unspecified atom stereocenters. The van der Waals surface area contributed by atoms with Gasteiger partial charge in [-0.25, -0.2) is 0 Å². The number of hydrogen-bond acceptors (Lipinski definition) is 5. The van der Waals surface area contributed by atoms with Gasteiger partial charge in [-0.05, 0) is 36.5 Å². The lowest BCUT2D eigenvalue weighted by atomic mass is 10.0. The topological polar surface area (TPSA) is 41.1 Å². The highest BCUT2D eigenvalue weighted by atomic mass is 32.1. The number of aromatic nitrogens is 2. The molecule has 2 fully saturated rings. The van der Waals surface area contributed by atoms with Gasteiger partial charge >= 0.3 is 0 Å². The monoisotopic (exact) mass is 210 g/mol. The van der Waals surface area contributed by atoms with E-state index in [0.29, 0.717) is 0 Å². The summed E-state index contributed by atoms with van der Waals surface area (Å²) in [7, 11) is 0. The van der Waals surface area contributed by atoms with Crippen LogP contribution in [-0.2, 0) is 6.54 Å². The second-order valence-corrected chi connectivity index (χ2v) is 4.88. The van der Waals surface area contributed by atoms with Crippen molar-refractivity contribution in [1.82, 2.24) is 19.8 Å². The van der Waals surface area contributed by atoms with Crippen LogP contribution in [-0.4, -0.2) is 40.7 Å². The Bertz CT molecular complexity index is 288. The van der Waals surface area contributed by atoms with Gasteiger partial charge in [-0.3, -0.25) is 4.90 Å². The van der Waals surface area contributed by atoms with E-state index in [-0.39, 0.29) is 0 Å². The van der Waals surface area contributed by atoms with Gasteiger partial charge in [0.2, 0.25) is 0 Å². The molecule has 1 aromatic heterocycles. The fourth-order valence-corrected chi connectivity index (χ4v) is 3.01. The molecule has 76 valence electrons. The third-order valence-corrected chi connectivity index (χ3v) is 3.81. The molecule has 0 bridgehead atoms. The van der Waals surface area contributed by atoms with Gasteiger partial charge in [-0.2, -0.15) is 0 Å². The fourth-order valence-electron chi connectivity index (χ4n) is 2.56. The molecule has 0 amide bonds. The number of nitrogens with zero attached hydrogens (tertiary/aromatic N) is 3. The predicted molar refractivity (Wildman–Crippen MR) is 55.0 cm³/mol. The average Bonchev–Trinajstić information content (AvgIpc) is 2.78. The minimum atomic E-state index is 0.876. The van der Waals surface area contributed by atoms with Crippen molar-refractivity contribution >= 4 is 11.5 Å². The number of nitrogens with one attached hydrogen (secondary N) is 1. The largest absolute Gasteiger partial charge is 0.316 e. The van der Waals surface area contributed by atoms with E-state index in [1.807, 2.05) is 5.38 Å². The molecule has 3 rings (SSSR count). The van der Waals surface area contributed by atoms with Crippen LogP contribution in [0.3, 0.4) is 0 Å². The molecule has 1 aromatic rings. The average molecular weight is 210 g/mol. The summed E-state index contributed by atoms with van der Waals surface area (Å²) in [6.45, 7) is 5.86. The maximum Gasteiger partial charge on any atom is 0.0895 e. The van der Waals surface area contributed by atoms with Crippen LogP contribution in [0.2, 0.25) is 0 Å². The van der Waals surface area contributed by atoms with Crippen molar-refractivity contribution in [3.63, 3.8) is 0 Å². The summed E-state index contributed by atoms with van der Waals surface area (Å²) in [5.74, 6) is 1.75. The molecular formula is C9H14N4S. The first-order chi connectivity index (χ1) is 6.92. The van der Waals surface area contributed by atoms with E-state index in [4.69, 9.17) is 0 Å². The van der Waals surface area contributed by atoms with Crippen LogP contribution in [0, 0.1) is 11.8 Å². The van der Waals surface area contributed by atoms with Gasteiger partial charge in [0.1, 0.15) is 0 Å². The first kappa shape index (κ1) is 8.76. The standard InChI is InChI=1S/C9H14N4S/c1-7-3-13(4-8(7)2-10-1)5-9-6-14-12-11-9/h6-8,10H,1-5H2/t7-,8+. The van der Waals surface area contributed by atoms with Crippen molar-refractivity contribution < 1.29 is 0 Å². The van der Waals surface area contributed by atoms with Gasteiger partial charge < -0.3 is 5.32 Å². The highest BCUT2D eigenvalue weighted by Crippen LogP contribution is 2.27. The molecule has 5 heteroatoms. The molecule has 2 aliphatic heterocycles. The second kappa shape index (κ2) is 3.56. The summed E-state index contributed by atoms with van der Waals surface area (Å²) < 4.78 is 3.89. The lowest BCUT2D eigenvalue weighted by Crippen LogP contribution is -2.25. The molecule has 2 atom stereocenters. The van der Waals surface area contributed by atoms with E-state index in [0.717, 1.165) is 24.1 Å². The van der Waals surface area contributed by atoms with Gasteiger partial charge in [-0.1, -0.05) is 4.49 Å². The fraction of sp³-hybridized carbons (Fsp3) is 0.778. The minimum Gasteiger partial charge on any atom is -0.316 e.